The minimum absolute atomic E-state index is 0.0443. The molecule has 1 aliphatic rings. The molecule has 2 N–H and O–H groups in total. The van der Waals surface area contributed by atoms with Crippen molar-refractivity contribution in [1.29, 1.82) is 0 Å². The number of H-pyrrole nitrogens is 1. The summed E-state index contributed by atoms with van der Waals surface area (Å²) in [6, 6.07) is 4.30. The largest absolute Gasteiger partial charge is 0.319 e. The van der Waals surface area contributed by atoms with Gasteiger partial charge in [0.2, 0.25) is 5.82 Å². The number of benzene rings is 1. The van der Waals surface area contributed by atoms with E-state index in [1.54, 1.807) is 13.0 Å². The molecule has 1 fully saturated rings. The number of nitro groups is 1. The van der Waals surface area contributed by atoms with Gasteiger partial charge in [-0.25, -0.2) is 4.98 Å². The summed E-state index contributed by atoms with van der Waals surface area (Å²) in [5, 5.41) is 20.0. The van der Waals surface area contributed by atoms with Gasteiger partial charge in [-0.3, -0.25) is 20.0 Å². The molecule has 0 saturated heterocycles. The number of carbonyl (C=O) groups is 1. The molecular formula is C13H13N5O3. The van der Waals surface area contributed by atoms with Crippen molar-refractivity contribution < 1.29 is 9.72 Å². The number of hydrogen-bond acceptors (Lipinski definition) is 5. The Balaban J connectivity index is 1.79. The monoisotopic (exact) mass is 287 g/mol. The van der Waals surface area contributed by atoms with E-state index in [-0.39, 0.29) is 11.5 Å². The predicted molar refractivity (Wildman–Crippen MR) is 74.1 cm³/mol. The lowest BCUT2D eigenvalue weighted by atomic mass is 10.2. The summed E-state index contributed by atoms with van der Waals surface area (Å²) in [6.45, 7) is 1.76. The third-order valence-corrected chi connectivity index (χ3v) is 3.35. The van der Waals surface area contributed by atoms with E-state index in [1.165, 1.54) is 12.1 Å². The zero-order chi connectivity index (χ0) is 15.0. The summed E-state index contributed by atoms with van der Waals surface area (Å²) in [5.74, 6) is 0.652. The lowest BCUT2D eigenvalue weighted by Crippen LogP contribution is -2.14. The van der Waals surface area contributed by atoms with Crippen LogP contribution < -0.4 is 5.32 Å². The number of non-ortho nitro benzene ring substituents is 1. The third kappa shape index (κ3) is 2.73. The first-order chi connectivity index (χ1) is 10.0. The maximum atomic E-state index is 12.1. The number of nitrogens with one attached hydrogen (secondary N) is 2. The van der Waals surface area contributed by atoms with Crippen LogP contribution in [0.3, 0.4) is 0 Å². The van der Waals surface area contributed by atoms with Gasteiger partial charge in [-0.2, -0.15) is 0 Å². The molecule has 0 bridgehead atoms. The zero-order valence-electron chi connectivity index (χ0n) is 11.3. The molecule has 21 heavy (non-hydrogen) atoms. The fraction of sp³-hybridized carbons (Fsp3) is 0.308. The lowest BCUT2D eigenvalue weighted by Gasteiger charge is -2.06. The van der Waals surface area contributed by atoms with Crippen LogP contribution in [0.2, 0.25) is 0 Å². The van der Waals surface area contributed by atoms with Gasteiger partial charge in [0.1, 0.15) is 5.82 Å². The maximum absolute atomic E-state index is 12.1. The Bertz CT molecular complexity index is 720. The van der Waals surface area contributed by atoms with Gasteiger partial charge >= 0.3 is 0 Å². The van der Waals surface area contributed by atoms with Gasteiger partial charge in [0.25, 0.3) is 11.6 Å². The zero-order valence-corrected chi connectivity index (χ0v) is 11.3. The van der Waals surface area contributed by atoms with Crippen molar-refractivity contribution in [3.05, 3.63) is 45.5 Å². The summed E-state index contributed by atoms with van der Waals surface area (Å²) < 4.78 is 0. The molecule has 0 atom stereocenters. The van der Waals surface area contributed by atoms with E-state index < -0.39 is 10.8 Å². The summed E-state index contributed by atoms with van der Waals surface area (Å²) in [7, 11) is 0. The number of nitrogens with zero attached hydrogens (tertiary/aromatic N) is 3. The molecule has 1 aliphatic carbocycles. The third-order valence-electron chi connectivity index (χ3n) is 3.35. The van der Waals surface area contributed by atoms with Crippen molar-refractivity contribution in [1.82, 2.24) is 15.2 Å². The highest BCUT2D eigenvalue weighted by molar-refractivity contribution is 6.02. The van der Waals surface area contributed by atoms with Gasteiger partial charge < -0.3 is 5.32 Å². The van der Waals surface area contributed by atoms with Gasteiger partial charge in [-0.15, -0.1) is 5.10 Å². The number of nitro benzene ring substituents is 1. The summed E-state index contributed by atoms with van der Waals surface area (Å²) >= 11 is 0. The van der Waals surface area contributed by atoms with E-state index in [0.29, 0.717) is 11.6 Å². The Labute approximate surface area is 119 Å². The van der Waals surface area contributed by atoms with E-state index in [1.807, 2.05) is 0 Å². The van der Waals surface area contributed by atoms with E-state index in [0.717, 1.165) is 24.2 Å². The highest BCUT2D eigenvalue weighted by Crippen LogP contribution is 2.37. The minimum atomic E-state index is -0.507. The molecule has 1 heterocycles. The minimum Gasteiger partial charge on any atom is -0.319 e. The van der Waals surface area contributed by atoms with Crippen LogP contribution in [-0.4, -0.2) is 26.0 Å². The van der Waals surface area contributed by atoms with E-state index in [4.69, 9.17) is 0 Å². The molecule has 0 radical (unpaired) electrons. The highest BCUT2D eigenvalue weighted by atomic mass is 16.6. The predicted octanol–water partition coefficient (Wildman–Crippen LogP) is 2.15. The van der Waals surface area contributed by atoms with Crippen LogP contribution in [0.25, 0.3) is 0 Å². The Kier molecular flexibility index (Phi) is 3.13. The van der Waals surface area contributed by atoms with Crippen molar-refractivity contribution in [3.8, 4) is 0 Å². The van der Waals surface area contributed by atoms with Crippen molar-refractivity contribution in [2.24, 2.45) is 0 Å². The van der Waals surface area contributed by atoms with Crippen LogP contribution in [0.5, 0.6) is 0 Å². The lowest BCUT2D eigenvalue weighted by molar-refractivity contribution is -0.384. The van der Waals surface area contributed by atoms with Crippen LogP contribution in [0, 0.1) is 17.0 Å². The molecule has 1 aromatic carbocycles. The van der Waals surface area contributed by atoms with E-state index in [2.05, 4.69) is 20.5 Å². The van der Waals surface area contributed by atoms with Gasteiger partial charge in [-0.05, 0) is 25.3 Å². The molecule has 1 saturated carbocycles. The molecule has 3 rings (SSSR count). The fourth-order valence-electron chi connectivity index (χ4n) is 1.95. The van der Waals surface area contributed by atoms with E-state index >= 15 is 0 Å². The van der Waals surface area contributed by atoms with Gasteiger partial charge in [0, 0.05) is 18.1 Å². The van der Waals surface area contributed by atoms with Crippen LogP contribution in [0.1, 0.15) is 40.8 Å². The molecule has 1 amide bonds. The number of anilines is 1. The van der Waals surface area contributed by atoms with Crippen molar-refractivity contribution in [3.63, 3.8) is 0 Å². The molecule has 108 valence electrons. The average molecular weight is 287 g/mol. The number of aromatic amines is 1. The second-order valence-electron chi connectivity index (χ2n) is 5.03. The summed E-state index contributed by atoms with van der Waals surface area (Å²) in [4.78, 5) is 26.5. The van der Waals surface area contributed by atoms with Gasteiger partial charge in [-0.1, -0.05) is 6.07 Å². The first-order valence-electron chi connectivity index (χ1n) is 6.53. The topological polar surface area (TPSA) is 114 Å². The Morgan fingerprint density at radius 1 is 1.48 bits per heavy atom. The molecular weight excluding hydrogens is 274 g/mol. The van der Waals surface area contributed by atoms with Crippen LogP contribution in [0.4, 0.5) is 11.4 Å². The molecule has 0 unspecified atom stereocenters. The summed E-state index contributed by atoms with van der Waals surface area (Å²) in [5.41, 5.74) is 1.03. The number of amides is 1. The quantitative estimate of drug-likeness (QED) is 0.660. The number of rotatable bonds is 4. The number of aromatic nitrogens is 3. The Morgan fingerprint density at radius 2 is 2.24 bits per heavy atom. The second kappa shape index (κ2) is 4.97. The summed E-state index contributed by atoms with van der Waals surface area (Å²) in [6.07, 6.45) is 2.11. The molecule has 2 aromatic rings. The molecule has 0 spiro atoms. The normalized spacial score (nSPS) is 14.0. The SMILES string of the molecule is Cc1ccc([N+](=O)[O-])cc1NC(=O)c1n[nH]c(C2CC2)n1. The van der Waals surface area contributed by atoms with Gasteiger partial charge in [0.05, 0.1) is 10.6 Å². The Hall–Kier alpha value is -2.77. The number of hydrogen-bond donors (Lipinski definition) is 2. The van der Waals surface area contributed by atoms with Crippen LogP contribution in [-0.2, 0) is 0 Å². The van der Waals surface area contributed by atoms with Crippen molar-refractivity contribution >= 4 is 17.3 Å². The molecule has 8 heteroatoms. The first-order valence-corrected chi connectivity index (χ1v) is 6.53. The van der Waals surface area contributed by atoms with Gasteiger partial charge in [0.15, 0.2) is 0 Å². The first kappa shape index (κ1) is 13.2. The number of carbonyl (C=O) groups excluding carboxylic acids is 1. The highest BCUT2D eigenvalue weighted by Gasteiger charge is 2.28. The fourth-order valence-corrected chi connectivity index (χ4v) is 1.95. The van der Waals surface area contributed by atoms with Crippen LogP contribution >= 0.6 is 0 Å². The molecule has 0 aliphatic heterocycles. The van der Waals surface area contributed by atoms with Crippen molar-refractivity contribution in [2.75, 3.05) is 5.32 Å². The second-order valence-corrected chi connectivity index (χ2v) is 5.03. The average Bonchev–Trinajstić information content (AvgIpc) is 3.18. The standard InChI is InChI=1S/C13H13N5O3/c1-7-2-5-9(18(20)21)6-10(7)14-13(19)12-15-11(16-17-12)8-3-4-8/h2,5-6,8H,3-4H2,1H3,(H,14,19)(H,15,16,17). The molecule has 8 nitrogen and oxygen atoms in total. The molecule has 1 aromatic heterocycles. The van der Waals surface area contributed by atoms with Crippen LogP contribution in [0.15, 0.2) is 18.2 Å². The number of aryl methyl sites for hydroxylation is 1. The smallest absolute Gasteiger partial charge is 0.295 e. The maximum Gasteiger partial charge on any atom is 0.295 e. The Morgan fingerprint density at radius 3 is 2.90 bits per heavy atom. The van der Waals surface area contributed by atoms with Crippen molar-refractivity contribution in [2.45, 2.75) is 25.7 Å². The van der Waals surface area contributed by atoms with E-state index in [9.17, 15) is 14.9 Å².